The fourth-order valence-corrected chi connectivity index (χ4v) is 3.13. The van der Waals surface area contributed by atoms with Crippen LogP contribution in [0.15, 0.2) is 18.2 Å². The maximum Gasteiger partial charge on any atom is 0.242 e. The van der Waals surface area contributed by atoms with Gasteiger partial charge in [0.05, 0.1) is 6.42 Å². The van der Waals surface area contributed by atoms with Crippen molar-refractivity contribution in [1.29, 1.82) is 0 Å². The Morgan fingerprint density at radius 3 is 2.56 bits per heavy atom. The van der Waals surface area contributed by atoms with E-state index in [1.165, 1.54) is 6.92 Å². The number of nitrogens with one attached hydrogen (secondary N) is 3. The van der Waals surface area contributed by atoms with Crippen LogP contribution in [0.3, 0.4) is 0 Å². The number of carbonyl (C=O) groups is 3. The Labute approximate surface area is 157 Å². The van der Waals surface area contributed by atoms with Crippen molar-refractivity contribution >= 4 is 17.7 Å². The smallest absolute Gasteiger partial charge is 0.242 e. The van der Waals surface area contributed by atoms with E-state index in [0.29, 0.717) is 13.0 Å². The van der Waals surface area contributed by atoms with Crippen molar-refractivity contribution in [3.05, 3.63) is 35.4 Å². The summed E-state index contributed by atoms with van der Waals surface area (Å²) in [4.78, 5) is 36.1. The quantitative estimate of drug-likeness (QED) is 0.697. The number of hydrogen-bond acceptors (Lipinski definition) is 3. The number of amides is 3. The zero-order valence-electron chi connectivity index (χ0n) is 15.5. The van der Waals surface area contributed by atoms with E-state index in [9.17, 15) is 23.2 Å². The van der Waals surface area contributed by atoms with Gasteiger partial charge in [-0.1, -0.05) is 13.3 Å². The first-order valence-electron chi connectivity index (χ1n) is 9.08. The molecule has 2 rings (SSSR count). The lowest BCUT2D eigenvalue weighted by Crippen LogP contribution is -2.49. The van der Waals surface area contributed by atoms with Gasteiger partial charge in [-0.05, 0) is 37.0 Å². The Kier molecular flexibility index (Phi) is 7.27. The molecular formula is C19H25F2N3O3. The fraction of sp³-hybridized carbons (Fsp3) is 0.526. The summed E-state index contributed by atoms with van der Waals surface area (Å²) in [5.74, 6) is -2.27. The zero-order chi connectivity index (χ0) is 20.0. The Morgan fingerprint density at radius 1 is 1.26 bits per heavy atom. The van der Waals surface area contributed by atoms with Gasteiger partial charge in [0.15, 0.2) is 0 Å². The zero-order valence-corrected chi connectivity index (χ0v) is 15.5. The van der Waals surface area contributed by atoms with E-state index in [-0.39, 0.29) is 36.3 Å². The van der Waals surface area contributed by atoms with Crippen LogP contribution in [0.1, 0.15) is 38.7 Å². The molecule has 3 amide bonds. The second-order valence-corrected chi connectivity index (χ2v) is 6.97. The van der Waals surface area contributed by atoms with Crippen LogP contribution in [0.2, 0.25) is 0 Å². The lowest BCUT2D eigenvalue weighted by Gasteiger charge is -2.22. The molecule has 3 N–H and O–H groups in total. The van der Waals surface area contributed by atoms with Gasteiger partial charge in [0, 0.05) is 25.1 Å². The van der Waals surface area contributed by atoms with E-state index in [1.807, 2.05) is 6.92 Å². The highest BCUT2D eigenvalue weighted by molar-refractivity contribution is 5.88. The number of benzene rings is 1. The van der Waals surface area contributed by atoms with Gasteiger partial charge in [0.1, 0.15) is 17.7 Å². The van der Waals surface area contributed by atoms with Crippen LogP contribution in [0.25, 0.3) is 0 Å². The molecule has 8 heteroatoms. The first-order valence-corrected chi connectivity index (χ1v) is 9.08. The summed E-state index contributed by atoms with van der Waals surface area (Å²) >= 11 is 0. The van der Waals surface area contributed by atoms with E-state index in [0.717, 1.165) is 24.6 Å². The van der Waals surface area contributed by atoms with Crippen LogP contribution < -0.4 is 16.0 Å². The van der Waals surface area contributed by atoms with Gasteiger partial charge in [-0.25, -0.2) is 8.78 Å². The molecule has 148 valence electrons. The molecule has 0 aliphatic carbocycles. The molecular weight excluding hydrogens is 356 g/mol. The summed E-state index contributed by atoms with van der Waals surface area (Å²) in [5, 5.41) is 8.14. The molecule has 0 bridgehead atoms. The van der Waals surface area contributed by atoms with E-state index in [2.05, 4.69) is 16.0 Å². The van der Waals surface area contributed by atoms with Crippen molar-refractivity contribution in [3.63, 3.8) is 0 Å². The van der Waals surface area contributed by atoms with Gasteiger partial charge < -0.3 is 16.0 Å². The summed E-state index contributed by atoms with van der Waals surface area (Å²) in [6, 6.07) is 1.75. The van der Waals surface area contributed by atoms with Crippen LogP contribution in [-0.4, -0.2) is 36.3 Å². The Bertz CT molecular complexity index is 691. The molecule has 1 heterocycles. The normalized spacial score (nSPS) is 21.0. The minimum absolute atomic E-state index is 0.110. The van der Waals surface area contributed by atoms with Crippen LogP contribution in [0.5, 0.6) is 0 Å². The predicted molar refractivity (Wildman–Crippen MR) is 95.6 cm³/mol. The van der Waals surface area contributed by atoms with Gasteiger partial charge in [0.2, 0.25) is 17.7 Å². The first kappa shape index (κ1) is 20.8. The molecule has 1 fully saturated rings. The van der Waals surface area contributed by atoms with E-state index in [1.54, 1.807) is 0 Å². The average Bonchev–Trinajstić information content (AvgIpc) is 2.74. The number of rotatable bonds is 6. The molecule has 3 atom stereocenters. The molecule has 6 nitrogen and oxygen atoms in total. The summed E-state index contributed by atoms with van der Waals surface area (Å²) in [6.07, 6.45) is 1.54. The molecule has 1 aliphatic rings. The van der Waals surface area contributed by atoms with E-state index < -0.39 is 29.5 Å². The molecule has 1 unspecified atom stereocenters. The van der Waals surface area contributed by atoms with E-state index >= 15 is 0 Å². The van der Waals surface area contributed by atoms with Crippen molar-refractivity contribution < 1.29 is 23.2 Å². The van der Waals surface area contributed by atoms with Gasteiger partial charge >= 0.3 is 0 Å². The van der Waals surface area contributed by atoms with Crippen molar-refractivity contribution in [2.24, 2.45) is 5.92 Å². The maximum atomic E-state index is 13.2. The van der Waals surface area contributed by atoms with Crippen LogP contribution in [0, 0.1) is 17.6 Å². The lowest BCUT2D eigenvalue weighted by molar-refractivity contribution is -0.129. The Morgan fingerprint density at radius 2 is 1.93 bits per heavy atom. The molecule has 1 saturated heterocycles. The number of hydrogen-bond donors (Lipinski definition) is 3. The summed E-state index contributed by atoms with van der Waals surface area (Å²) < 4.78 is 26.4. The predicted octanol–water partition coefficient (Wildman–Crippen LogP) is 1.43. The third-order valence-electron chi connectivity index (χ3n) is 4.62. The van der Waals surface area contributed by atoms with Crippen LogP contribution in [0.4, 0.5) is 8.78 Å². The highest BCUT2D eigenvalue weighted by atomic mass is 19.1. The number of halogens is 2. The highest BCUT2D eigenvalue weighted by Crippen LogP contribution is 2.16. The number of carbonyl (C=O) groups excluding carboxylic acids is 3. The highest BCUT2D eigenvalue weighted by Gasteiger charge is 2.26. The second-order valence-electron chi connectivity index (χ2n) is 6.97. The molecule has 1 aromatic rings. The second kappa shape index (κ2) is 9.43. The van der Waals surface area contributed by atoms with Crippen molar-refractivity contribution in [2.45, 2.75) is 51.6 Å². The van der Waals surface area contributed by atoms with Crippen molar-refractivity contribution in [3.8, 4) is 0 Å². The van der Waals surface area contributed by atoms with E-state index in [4.69, 9.17) is 0 Å². The molecule has 0 radical (unpaired) electrons. The minimum atomic E-state index is -0.831. The summed E-state index contributed by atoms with van der Waals surface area (Å²) in [6.45, 7) is 4.14. The summed E-state index contributed by atoms with van der Waals surface area (Å²) in [5.41, 5.74) is 0.184. The topological polar surface area (TPSA) is 87.3 Å². The van der Waals surface area contributed by atoms with Crippen molar-refractivity contribution in [2.75, 3.05) is 6.54 Å². The first-order chi connectivity index (χ1) is 12.8. The third kappa shape index (κ3) is 6.62. The SMILES string of the molecule is CCC1CNC(=O)C[C@@H](NC(=O)[C@H](C)NC(=O)Cc2cc(F)cc(F)c2)C1. The Balaban J connectivity index is 1.88. The lowest BCUT2D eigenvalue weighted by atomic mass is 9.97. The van der Waals surface area contributed by atoms with Gasteiger partial charge in [-0.2, -0.15) is 0 Å². The fourth-order valence-electron chi connectivity index (χ4n) is 3.13. The average molecular weight is 381 g/mol. The molecule has 0 spiro atoms. The largest absolute Gasteiger partial charge is 0.356 e. The van der Waals surface area contributed by atoms with Gasteiger partial charge in [-0.15, -0.1) is 0 Å². The molecule has 1 aliphatic heterocycles. The minimum Gasteiger partial charge on any atom is -0.356 e. The third-order valence-corrected chi connectivity index (χ3v) is 4.62. The van der Waals surface area contributed by atoms with Crippen LogP contribution in [-0.2, 0) is 20.8 Å². The van der Waals surface area contributed by atoms with Crippen LogP contribution >= 0.6 is 0 Å². The maximum absolute atomic E-state index is 13.2. The Hall–Kier alpha value is -2.51. The molecule has 27 heavy (non-hydrogen) atoms. The molecule has 1 aromatic carbocycles. The standard InChI is InChI=1S/C19H25F2N3O3/c1-3-12-6-16(9-17(25)22-10-12)24-19(27)11(2)23-18(26)7-13-4-14(20)8-15(21)5-13/h4-5,8,11-12,16H,3,6-7,9-10H2,1-2H3,(H,22,25)(H,23,26)(H,24,27)/t11-,12?,16-/m0/s1. The van der Waals surface area contributed by atoms with Gasteiger partial charge in [-0.3, -0.25) is 14.4 Å². The summed E-state index contributed by atoms with van der Waals surface area (Å²) in [7, 11) is 0. The van der Waals surface area contributed by atoms with Crippen molar-refractivity contribution in [1.82, 2.24) is 16.0 Å². The monoisotopic (exact) mass is 381 g/mol. The van der Waals surface area contributed by atoms with Gasteiger partial charge in [0.25, 0.3) is 0 Å². The molecule has 0 saturated carbocycles. The molecule has 0 aromatic heterocycles.